The fourth-order valence-corrected chi connectivity index (χ4v) is 3.35. The van der Waals surface area contributed by atoms with Crippen molar-refractivity contribution in [3.63, 3.8) is 0 Å². The summed E-state index contributed by atoms with van der Waals surface area (Å²) in [5, 5.41) is 2.79. The van der Waals surface area contributed by atoms with Crippen LogP contribution in [0.2, 0.25) is 5.02 Å². The van der Waals surface area contributed by atoms with Gasteiger partial charge in [0, 0.05) is 19.0 Å². The molecular formula is C21H19ClN2O6. The van der Waals surface area contributed by atoms with E-state index in [0.29, 0.717) is 11.1 Å². The molecule has 3 rings (SSSR count). The van der Waals surface area contributed by atoms with Crippen LogP contribution in [0.4, 0.5) is 5.69 Å². The lowest BCUT2D eigenvalue weighted by Gasteiger charge is -2.14. The Morgan fingerprint density at radius 3 is 2.27 bits per heavy atom. The molecule has 0 radical (unpaired) electrons. The highest BCUT2D eigenvalue weighted by Gasteiger charge is 2.34. The molecule has 0 spiro atoms. The highest BCUT2D eigenvalue weighted by atomic mass is 35.5. The second-order valence-electron chi connectivity index (χ2n) is 6.48. The van der Waals surface area contributed by atoms with Crippen molar-refractivity contribution in [2.75, 3.05) is 26.1 Å². The summed E-state index contributed by atoms with van der Waals surface area (Å²) in [6, 6.07) is 9.39. The van der Waals surface area contributed by atoms with Crippen LogP contribution in [0.25, 0.3) is 0 Å². The maximum Gasteiger partial charge on any atom is 0.341 e. The van der Waals surface area contributed by atoms with Gasteiger partial charge < -0.3 is 14.8 Å². The second-order valence-corrected chi connectivity index (χ2v) is 6.89. The van der Waals surface area contributed by atoms with Gasteiger partial charge in [-0.05, 0) is 24.6 Å². The smallest absolute Gasteiger partial charge is 0.341 e. The first-order valence-corrected chi connectivity index (χ1v) is 9.46. The van der Waals surface area contributed by atoms with Crippen molar-refractivity contribution in [1.82, 2.24) is 4.90 Å². The number of anilines is 1. The Morgan fingerprint density at radius 2 is 1.70 bits per heavy atom. The molecule has 1 heterocycles. The standard InChI is InChI=1S/C21H19ClN2O6/c1-29-17-11-16(15(22)10-14(17)21(28)30-2)23-18(25)8-5-9-24-19(26)12-6-3-4-7-13(12)20(24)27/h3-4,6-7,10-11H,5,8-9H2,1-2H3,(H,23,25). The zero-order valence-corrected chi connectivity index (χ0v) is 17.1. The van der Waals surface area contributed by atoms with Gasteiger partial charge in [-0.2, -0.15) is 0 Å². The molecule has 1 N–H and O–H groups in total. The van der Waals surface area contributed by atoms with Gasteiger partial charge in [0.2, 0.25) is 5.91 Å². The average Bonchev–Trinajstić information content (AvgIpc) is 2.99. The number of amides is 3. The summed E-state index contributed by atoms with van der Waals surface area (Å²) >= 11 is 6.16. The van der Waals surface area contributed by atoms with Gasteiger partial charge in [-0.1, -0.05) is 23.7 Å². The summed E-state index contributed by atoms with van der Waals surface area (Å²) in [7, 11) is 2.61. The Bertz CT molecular complexity index is 1000. The number of imide groups is 1. The zero-order valence-electron chi connectivity index (χ0n) is 16.4. The van der Waals surface area contributed by atoms with Gasteiger partial charge in [0.05, 0.1) is 36.1 Å². The van der Waals surface area contributed by atoms with Crippen molar-refractivity contribution < 1.29 is 28.7 Å². The van der Waals surface area contributed by atoms with Crippen LogP contribution in [-0.2, 0) is 9.53 Å². The summed E-state index contributed by atoms with van der Waals surface area (Å²) in [6.45, 7) is 0.123. The summed E-state index contributed by atoms with van der Waals surface area (Å²) in [4.78, 5) is 49.9. The Balaban J connectivity index is 1.60. The maximum atomic E-state index is 12.3. The molecule has 30 heavy (non-hydrogen) atoms. The van der Waals surface area contributed by atoms with Crippen LogP contribution in [0.15, 0.2) is 36.4 Å². The molecule has 0 aliphatic carbocycles. The number of nitrogens with one attached hydrogen (secondary N) is 1. The number of fused-ring (bicyclic) bond motifs is 1. The van der Waals surface area contributed by atoms with Crippen LogP contribution < -0.4 is 10.1 Å². The van der Waals surface area contributed by atoms with E-state index in [-0.39, 0.29) is 59.1 Å². The second kappa shape index (κ2) is 8.96. The number of carbonyl (C=O) groups excluding carboxylic acids is 4. The minimum atomic E-state index is -0.618. The summed E-state index contributed by atoms with van der Waals surface area (Å²) in [6.07, 6.45) is 0.344. The maximum absolute atomic E-state index is 12.3. The first-order valence-electron chi connectivity index (χ1n) is 9.08. The minimum absolute atomic E-state index is 0.0603. The monoisotopic (exact) mass is 430 g/mol. The molecule has 1 aliphatic rings. The van der Waals surface area contributed by atoms with E-state index >= 15 is 0 Å². The lowest BCUT2D eigenvalue weighted by molar-refractivity contribution is -0.116. The summed E-state index contributed by atoms with van der Waals surface area (Å²) in [5.41, 5.74) is 1.15. The Morgan fingerprint density at radius 1 is 1.07 bits per heavy atom. The highest BCUT2D eigenvalue weighted by Crippen LogP contribution is 2.31. The fraction of sp³-hybridized carbons (Fsp3) is 0.238. The van der Waals surface area contributed by atoms with E-state index in [9.17, 15) is 19.2 Å². The molecule has 0 aromatic heterocycles. The summed E-state index contributed by atoms with van der Waals surface area (Å²) in [5.74, 6) is -1.49. The van der Waals surface area contributed by atoms with Crippen LogP contribution in [0.5, 0.6) is 5.75 Å². The van der Waals surface area contributed by atoms with E-state index in [4.69, 9.17) is 16.3 Å². The lowest BCUT2D eigenvalue weighted by Crippen LogP contribution is -2.31. The van der Waals surface area contributed by atoms with E-state index in [0.717, 1.165) is 4.90 Å². The highest BCUT2D eigenvalue weighted by molar-refractivity contribution is 6.34. The molecule has 0 bridgehead atoms. The van der Waals surface area contributed by atoms with Crippen molar-refractivity contribution in [3.05, 3.63) is 58.1 Å². The Hall–Kier alpha value is -3.39. The van der Waals surface area contributed by atoms with Crippen molar-refractivity contribution >= 4 is 41.0 Å². The van der Waals surface area contributed by atoms with Gasteiger partial charge in [-0.15, -0.1) is 0 Å². The number of nitrogens with zero attached hydrogens (tertiary/aromatic N) is 1. The topological polar surface area (TPSA) is 102 Å². The predicted octanol–water partition coefficient (Wildman–Crippen LogP) is 3.15. The number of hydrogen-bond donors (Lipinski definition) is 1. The molecule has 2 aromatic rings. The molecule has 0 saturated carbocycles. The number of ether oxygens (including phenoxy) is 2. The van der Waals surface area contributed by atoms with E-state index in [1.54, 1.807) is 24.3 Å². The molecule has 0 unspecified atom stereocenters. The molecule has 156 valence electrons. The van der Waals surface area contributed by atoms with Crippen LogP contribution in [0, 0.1) is 0 Å². The van der Waals surface area contributed by atoms with Crippen LogP contribution in [0.3, 0.4) is 0 Å². The number of benzene rings is 2. The van der Waals surface area contributed by atoms with Crippen molar-refractivity contribution in [2.45, 2.75) is 12.8 Å². The first-order chi connectivity index (χ1) is 14.4. The molecular weight excluding hydrogens is 412 g/mol. The van der Waals surface area contributed by atoms with E-state index in [2.05, 4.69) is 10.1 Å². The normalized spacial score (nSPS) is 12.6. The van der Waals surface area contributed by atoms with Gasteiger partial charge in [-0.3, -0.25) is 19.3 Å². The van der Waals surface area contributed by atoms with Crippen LogP contribution >= 0.6 is 11.6 Å². The van der Waals surface area contributed by atoms with Crippen molar-refractivity contribution in [3.8, 4) is 5.75 Å². The Labute approximate surface area is 177 Å². The largest absolute Gasteiger partial charge is 0.496 e. The minimum Gasteiger partial charge on any atom is -0.496 e. The quantitative estimate of drug-likeness (QED) is 0.534. The molecule has 9 heteroatoms. The van der Waals surface area contributed by atoms with Gasteiger partial charge in [-0.25, -0.2) is 4.79 Å². The third-order valence-electron chi connectivity index (χ3n) is 4.63. The van der Waals surface area contributed by atoms with E-state index < -0.39 is 5.97 Å². The summed E-state index contributed by atoms with van der Waals surface area (Å²) < 4.78 is 9.83. The first kappa shape index (κ1) is 21.3. The van der Waals surface area contributed by atoms with Gasteiger partial charge in [0.15, 0.2) is 0 Å². The molecule has 1 aliphatic heterocycles. The molecule has 0 saturated heterocycles. The molecule has 0 fully saturated rings. The van der Waals surface area contributed by atoms with E-state index in [1.807, 2.05) is 0 Å². The van der Waals surface area contributed by atoms with Gasteiger partial charge in [0.1, 0.15) is 11.3 Å². The molecule has 2 aromatic carbocycles. The SMILES string of the molecule is COC(=O)c1cc(Cl)c(NC(=O)CCCN2C(=O)c3ccccc3C2=O)cc1OC. The Kier molecular flexibility index (Phi) is 6.37. The molecule has 0 atom stereocenters. The van der Waals surface area contributed by atoms with Crippen LogP contribution in [-0.4, -0.2) is 49.4 Å². The number of esters is 1. The van der Waals surface area contributed by atoms with Crippen molar-refractivity contribution in [1.29, 1.82) is 0 Å². The van der Waals surface area contributed by atoms with Crippen LogP contribution in [0.1, 0.15) is 43.9 Å². The number of halogens is 1. The van der Waals surface area contributed by atoms with Gasteiger partial charge in [0.25, 0.3) is 11.8 Å². The third-order valence-corrected chi connectivity index (χ3v) is 4.95. The molecule has 3 amide bonds. The van der Waals surface area contributed by atoms with Crippen molar-refractivity contribution in [2.24, 2.45) is 0 Å². The predicted molar refractivity (Wildman–Crippen MR) is 109 cm³/mol. The number of carbonyl (C=O) groups is 4. The van der Waals surface area contributed by atoms with Gasteiger partial charge >= 0.3 is 5.97 Å². The zero-order chi connectivity index (χ0) is 21.8. The van der Waals surface area contributed by atoms with E-state index in [1.165, 1.54) is 26.4 Å². The fourth-order valence-electron chi connectivity index (χ4n) is 3.14. The lowest BCUT2D eigenvalue weighted by atomic mass is 10.1. The number of rotatable bonds is 7. The number of methoxy groups -OCH3 is 2. The average molecular weight is 431 g/mol. The molecule has 8 nitrogen and oxygen atoms in total. The third kappa shape index (κ3) is 4.13. The number of hydrogen-bond acceptors (Lipinski definition) is 6.